The van der Waals surface area contributed by atoms with E-state index < -0.39 is 0 Å². The Morgan fingerprint density at radius 1 is 1.36 bits per heavy atom. The van der Waals surface area contributed by atoms with Gasteiger partial charge in [-0.3, -0.25) is 9.69 Å². The first kappa shape index (κ1) is 17.5. The number of carbonyl (C=O) groups is 1. The van der Waals surface area contributed by atoms with Crippen LogP contribution in [0.1, 0.15) is 58.3 Å². The van der Waals surface area contributed by atoms with E-state index in [2.05, 4.69) is 16.3 Å². The standard InChI is InChI=1S/C18H32N2O2/c1-2-22-14-6-9-18(21)19-17-10-12-20(13-11-17)15-16-7-4-3-5-8-16/h7,17H,2-6,8-15H2,1H3,(H,19,21). The summed E-state index contributed by atoms with van der Waals surface area (Å²) in [6.07, 6.45) is 11.3. The highest BCUT2D eigenvalue weighted by Crippen LogP contribution is 2.20. The molecule has 1 amide bonds. The highest BCUT2D eigenvalue weighted by molar-refractivity contribution is 5.76. The lowest BCUT2D eigenvalue weighted by atomic mass is 9.97. The zero-order valence-corrected chi connectivity index (χ0v) is 14.1. The van der Waals surface area contributed by atoms with E-state index in [1.807, 2.05) is 6.92 Å². The van der Waals surface area contributed by atoms with E-state index in [-0.39, 0.29) is 5.91 Å². The maximum Gasteiger partial charge on any atom is 0.220 e. The van der Waals surface area contributed by atoms with Gasteiger partial charge < -0.3 is 10.1 Å². The second-order valence-corrected chi connectivity index (χ2v) is 6.53. The Hall–Kier alpha value is -0.870. The fraction of sp³-hybridized carbons (Fsp3) is 0.833. The second-order valence-electron chi connectivity index (χ2n) is 6.53. The molecule has 0 aromatic carbocycles. The van der Waals surface area contributed by atoms with Crippen molar-refractivity contribution >= 4 is 5.91 Å². The van der Waals surface area contributed by atoms with E-state index in [0.29, 0.717) is 19.1 Å². The van der Waals surface area contributed by atoms with E-state index in [0.717, 1.165) is 45.5 Å². The molecule has 4 heteroatoms. The average molecular weight is 308 g/mol. The molecule has 0 spiro atoms. The van der Waals surface area contributed by atoms with Gasteiger partial charge in [0, 0.05) is 45.3 Å². The highest BCUT2D eigenvalue weighted by atomic mass is 16.5. The van der Waals surface area contributed by atoms with Crippen LogP contribution in [0.2, 0.25) is 0 Å². The maximum absolute atomic E-state index is 11.9. The summed E-state index contributed by atoms with van der Waals surface area (Å²) in [5, 5.41) is 3.18. The molecule has 22 heavy (non-hydrogen) atoms. The highest BCUT2D eigenvalue weighted by Gasteiger charge is 2.21. The Labute approximate surface area is 135 Å². The van der Waals surface area contributed by atoms with E-state index in [1.54, 1.807) is 5.57 Å². The zero-order valence-electron chi connectivity index (χ0n) is 14.1. The van der Waals surface area contributed by atoms with E-state index in [9.17, 15) is 4.79 Å². The van der Waals surface area contributed by atoms with Crippen molar-refractivity contribution in [3.05, 3.63) is 11.6 Å². The summed E-state index contributed by atoms with van der Waals surface area (Å²) in [6.45, 7) is 6.78. The molecule has 0 aromatic rings. The van der Waals surface area contributed by atoms with Crippen molar-refractivity contribution < 1.29 is 9.53 Å². The van der Waals surface area contributed by atoms with Crippen molar-refractivity contribution in [1.82, 2.24) is 10.2 Å². The van der Waals surface area contributed by atoms with Crippen LogP contribution in [0, 0.1) is 0 Å². The topological polar surface area (TPSA) is 41.6 Å². The number of likely N-dealkylation sites (tertiary alicyclic amines) is 1. The normalized spacial score (nSPS) is 20.7. The number of nitrogens with one attached hydrogen (secondary N) is 1. The van der Waals surface area contributed by atoms with Gasteiger partial charge in [0.2, 0.25) is 5.91 Å². The van der Waals surface area contributed by atoms with Gasteiger partial charge in [0.15, 0.2) is 0 Å². The first-order valence-electron chi connectivity index (χ1n) is 9.05. The summed E-state index contributed by atoms with van der Waals surface area (Å²) < 4.78 is 5.27. The van der Waals surface area contributed by atoms with Gasteiger partial charge in [-0.25, -0.2) is 0 Å². The third-order valence-electron chi connectivity index (χ3n) is 4.66. The monoisotopic (exact) mass is 308 g/mol. The van der Waals surface area contributed by atoms with Gasteiger partial charge in [-0.05, 0) is 51.9 Å². The number of hydrogen-bond acceptors (Lipinski definition) is 3. The van der Waals surface area contributed by atoms with Gasteiger partial charge in [0.05, 0.1) is 0 Å². The lowest BCUT2D eigenvalue weighted by Gasteiger charge is -2.33. The van der Waals surface area contributed by atoms with Crippen molar-refractivity contribution in [1.29, 1.82) is 0 Å². The smallest absolute Gasteiger partial charge is 0.220 e. The molecular weight excluding hydrogens is 276 g/mol. The second kappa shape index (κ2) is 10.0. The summed E-state index contributed by atoms with van der Waals surface area (Å²) in [7, 11) is 0. The molecule has 4 nitrogen and oxygen atoms in total. The summed E-state index contributed by atoms with van der Waals surface area (Å²) in [4.78, 5) is 14.4. The van der Waals surface area contributed by atoms with Crippen LogP contribution in [0.25, 0.3) is 0 Å². The minimum absolute atomic E-state index is 0.188. The number of rotatable bonds is 8. The molecule has 0 aromatic heterocycles. The molecule has 1 heterocycles. The zero-order chi connectivity index (χ0) is 15.6. The van der Waals surface area contributed by atoms with Crippen LogP contribution in [-0.2, 0) is 9.53 Å². The third-order valence-corrected chi connectivity index (χ3v) is 4.66. The predicted molar refractivity (Wildman–Crippen MR) is 89.9 cm³/mol. The van der Waals surface area contributed by atoms with Gasteiger partial charge in [-0.15, -0.1) is 0 Å². The molecule has 1 aliphatic heterocycles. The van der Waals surface area contributed by atoms with Crippen molar-refractivity contribution in [2.24, 2.45) is 0 Å². The number of nitrogens with zero attached hydrogens (tertiary/aromatic N) is 1. The molecule has 1 fully saturated rings. The Bertz CT molecular complexity index is 360. The van der Waals surface area contributed by atoms with Gasteiger partial charge in [-0.2, -0.15) is 0 Å². The lowest BCUT2D eigenvalue weighted by Crippen LogP contribution is -2.45. The fourth-order valence-electron chi connectivity index (χ4n) is 3.35. The summed E-state index contributed by atoms with van der Waals surface area (Å²) in [5.74, 6) is 0.188. The van der Waals surface area contributed by atoms with Crippen molar-refractivity contribution in [3.8, 4) is 0 Å². The number of ether oxygens (including phenoxy) is 1. The Morgan fingerprint density at radius 2 is 2.18 bits per heavy atom. The van der Waals surface area contributed by atoms with Gasteiger partial charge in [-0.1, -0.05) is 11.6 Å². The largest absolute Gasteiger partial charge is 0.382 e. The van der Waals surface area contributed by atoms with E-state index in [1.165, 1.54) is 25.7 Å². The summed E-state index contributed by atoms with van der Waals surface area (Å²) in [6, 6.07) is 0.371. The lowest BCUT2D eigenvalue weighted by molar-refractivity contribution is -0.122. The number of allylic oxidation sites excluding steroid dienone is 1. The van der Waals surface area contributed by atoms with E-state index in [4.69, 9.17) is 4.74 Å². The molecule has 1 aliphatic carbocycles. The predicted octanol–water partition coefficient (Wildman–Crippen LogP) is 2.88. The number of piperidine rings is 1. The number of hydrogen-bond donors (Lipinski definition) is 1. The van der Waals surface area contributed by atoms with Crippen molar-refractivity contribution in [3.63, 3.8) is 0 Å². The van der Waals surface area contributed by atoms with Crippen molar-refractivity contribution in [2.75, 3.05) is 32.8 Å². The average Bonchev–Trinajstić information content (AvgIpc) is 2.54. The number of carbonyl (C=O) groups excluding carboxylic acids is 1. The molecule has 1 saturated heterocycles. The quantitative estimate of drug-likeness (QED) is 0.554. The minimum atomic E-state index is 0.188. The van der Waals surface area contributed by atoms with Crippen LogP contribution in [0.3, 0.4) is 0 Å². The molecule has 0 atom stereocenters. The van der Waals surface area contributed by atoms with Gasteiger partial charge in [0.25, 0.3) is 0 Å². The van der Waals surface area contributed by atoms with Crippen molar-refractivity contribution in [2.45, 2.75) is 64.3 Å². The Kier molecular flexibility index (Phi) is 7.95. The van der Waals surface area contributed by atoms with Crippen LogP contribution < -0.4 is 5.32 Å². The molecular formula is C18H32N2O2. The molecule has 2 aliphatic rings. The third kappa shape index (κ3) is 6.49. The van der Waals surface area contributed by atoms with Gasteiger partial charge >= 0.3 is 0 Å². The first-order chi connectivity index (χ1) is 10.8. The van der Waals surface area contributed by atoms with Crippen LogP contribution in [0.15, 0.2) is 11.6 Å². The minimum Gasteiger partial charge on any atom is -0.382 e. The SMILES string of the molecule is CCOCCCC(=O)NC1CCN(CC2=CCCCC2)CC1. The maximum atomic E-state index is 11.9. The molecule has 126 valence electrons. The Morgan fingerprint density at radius 3 is 2.86 bits per heavy atom. The summed E-state index contributed by atoms with van der Waals surface area (Å²) in [5.41, 5.74) is 1.63. The van der Waals surface area contributed by atoms with Gasteiger partial charge in [0.1, 0.15) is 0 Å². The van der Waals surface area contributed by atoms with Crippen LogP contribution in [-0.4, -0.2) is 49.7 Å². The molecule has 0 saturated carbocycles. The molecule has 0 unspecified atom stereocenters. The first-order valence-corrected chi connectivity index (χ1v) is 9.05. The molecule has 2 rings (SSSR count). The number of amides is 1. The van der Waals surface area contributed by atoms with Crippen LogP contribution >= 0.6 is 0 Å². The molecule has 0 radical (unpaired) electrons. The molecule has 1 N–H and O–H groups in total. The summed E-state index contributed by atoms with van der Waals surface area (Å²) >= 11 is 0. The Balaban J connectivity index is 1.58. The van der Waals surface area contributed by atoms with Crippen LogP contribution in [0.5, 0.6) is 0 Å². The van der Waals surface area contributed by atoms with Crippen LogP contribution in [0.4, 0.5) is 0 Å². The molecule has 0 bridgehead atoms. The van der Waals surface area contributed by atoms with E-state index >= 15 is 0 Å². The fourth-order valence-corrected chi connectivity index (χ4v) is 3.35.